The lowest BCUT2D eigenvalue weighted by molar-refractivity contribution is 0.541. The Bertz CT molecular complexity index is 1390. The summed E-state index contributed by atoms with van der Waals surface area (Å²) in [5.41, 5.74) is 7.70. The second-order valence-corrected chi connectivity index (χ2v) is 9.94. The molecule has 2 aliphatic rings. The van der Waals surface area contributed by atoms with E-state index in [0.717, 1.165) is 52.2 Å². The summed E-state index contributed by atoms with van der Waals surface area (Å²) < 4.78 is 0. The summed E-state index contributed by atoms with van der Waals surface area (Å²) >= 11 is 0. The van der Waals surface area contributed by atoms with Crippen molar-refractivity contribution >= 4 is 17.4 Å². The minimum atomic E-state index is -0.143. The van der Waals surface area contributed by atoms with Crippen LogP contribution in [0, 0.1) is 37.5 Å². The van der Waals surface area contributed by atoms with E-state index in [-0.39, 0.29) is 11.0 Å². The molecule has 34 heavy (non-hydrogen) atoms. The molecule has 5 rings (SSSR count). The van der Waals surface area contributed by atoms with Gasteiger partial charge in [-0.3, -0.25) is 15.3 Å². The van der Waals surface area contributed by atoms with Gasteiger partial charge < -0.3 is 0 Å². The number of nitriles is 1. The van der Waals surface area contributed by atoms with Crippen LogP contribution in [0.15, 0.2) is 65.7 Å². The van der Waals surface area contributed by atoms with Crippen molar-refractivity contribution < 1.29 is 0 Å². The summed E-state index contributed by atoms with van der Waals surface area (Å²) in [5, 5.41) is 19.0. The summed E-state index contributed by atoms with van der Waals surface area (Å²) in [4.78, 5) is 7.46. The highest BCUT2D eigenvalue weighted by atomic mass is 15.3. The maximum absolute atomic E-state index is 9.52. The minimum Gasteiger partial charge on any atom is -0.283 e. The Kier molecular flexibility index (Phi) is 4.98. The normalized spacial score (nSPS) is 22.2. The fraction of sp³-hybridized carbons (Fsp3) is 0.300. The molecule has 1 aliphatic carbocycles. The van der Waals surface area contributed by atoms with E-state index in [2.05, 4.69) is 44.2 Å². The van der Waals surface area contributed by atoms with Gasteiger partial charge in [-0.05, 0) is 68.0 Å². The quantitative estimate of drug-likeness (QED) is 0.364. The van der Waals surface area contributed by atoms with Crippen LogP contribution in [-0.4, -0.2) is 17.2 Å². The average Bonchev–Trinajstić information content (AvgIpc) is 3.47. The van der Waals surface area contributed by atoms with Crippen molar-refractivity contribution in [2.24, 2.45) is 4.99 Å². The first-order valence-corrected chi connectivity index (χ1v) is 11.9. The van der Waals surface area contributed by atoms with Crippen LogP contribution in [0.25, 0.3) is 0 Å². The van der Waals surface area contributed by atoms with E-state index in [4.69, 9.17) is 4.99 Å². The van der Waals surface area contributed by atoms with Crippen LogP contribution in [0.3, 0.4) is 0 Å². The monoisotopic (exact) mass is 446 g/mol. The summed E-state index contributed by atoms with van der Waals surface area (Å²) in [6.45, 7) is 10.6. The smallest absolute Gasteiger partial charge is 0.142 e. The van der Waals surface area contributed by atoms with Crippen molar-refractivity contribution in [1.29, 1.82) is 10.7 Å². The molecule has 1 saturated carbocycles. The Hall–Kier alpha value is -3.71. The van der Waals surface area contributed by atoms with E-state index >= 15 is 0 Å². The summed E-state index contributed by atoms with van der Waals surface area (Å²) in [5.74, 6) is 1.23. The number of aliphatic imine (C=N–C) groups is 1. The largest absolute Gasteiger partial charge is 0.283 e. The summed E-state index contributed by atoms with van der Waals surface area (Å²) in [7, 11) is 0. The van der Waals surface area contributed by atoms with Gasteiger partial charge in [0.1, 0.15) is 11.7 Å². The van der Waals surface area contributed by atoms with Crippen molar-refractivity contribution in [3.63, 3.8) is 0 Å². The van der Waals surface area contributed by atoms with Crippen LogP contribution in [0.1, 0.15) is 65.6 Å². The topological polar surface area (TPSA) is 63.2 Å². The Morgan fingerprint density at radius 3 is 2.32 bits per heavy atom. The van der Waals surface area contributed by atoms with Crippen LogP contribution in [0.2, 0.25) is 0 Å². The molecule has 3 aromatic rings. The van der Waals surface area contributed by atoms with Gasteiger partial charge in [-0.15, -0.1) is 0 Å². The molecule has 1 fully saturated rings. The number of hydrogen-bond acceptors (Lipinski definition) is 3. The highest BCUT2D eigenvalue weighted by molar-refractivity contribution is 6.30. The van der Waals surface area contributed by atoms with Gasteiger partial charge in [0, 0.05) is 16.5 Å². The molecular weight excluding hydrogens is 416 g/mol. The zero-order valence-corrected chi connectivity index (χ0v) is 20.5. The van der Waals surface area contributed by atoms with E-state index in [1.165, 1.54) is 5.56 Å². The van der Waals surface area contributed by atoms with Crippen molar-refractivity contribution in [3.8, 4) is 6.07 Å². The van der Waals surface area contributed by atoms with Crippen LogP contribution >= 0.6 is 0 Å². The standard InChI is InChI=1S/C30H30N4/c1-6-30-18-29(30,5)25-14-10-9-13-24(25)28(33-30)34(27(32)23-12-8-7-11-19(23)2)26-20(3)15-22(17-31)16-21(26)4/h7-16,32H,6,18H2,1-5H3/t29?,30-/m0/s1. The van der Waals surface area contributed by atoms with E-state index < -0.39 is 0 Å². The highest BCUT2D eigenvalue weighted by Crippen LogP contribution is 2.64. The number of benzene rings is 3. The number of nitrogens with one attached hydrogen (secondary N) is 1. The number of fused-ring (bicyclic) bond motifs is 3. The number of amidine groups is 2. The molecule has 0 amide bonds. The lowest BCUT2D eigenvalue weighted by Crippen LogP contribution is -2.43. The van der Waals surface area contributed by atoms with Crippen LogP contribution in [-0.2, 0) is 5.41 Å². The van der Waals surface area contributed by atoms with Crippen molar-refractivity contribution in [1.82, 2.24) is 0 Å². The third-order valence-electron chi connectivity index (χ3n) is 7.89. The molecule has 0 saturated heterocycles. The maximum Gasteiger partial charge on any atom is 0.142 e. The molecule has 0 radical (unpaired) electrons. The van der Waals surface area contributed by atoms with Gasteiger partial charge >= 0.3 is 0 Å². The predicted octanol–water partition coefficient (Wildman–Crippen LogP) is 6.59. The van der Waals surface area contributed by atoms with Gasteiger partial charge in [0.25, 0.3) is 0 Å². The fourth-order valence-electron chi connectivity index (χ4n) is 5.89. The Morgan fingerprint density at radius 1 is 1.03 bits per heavy atom. The van der Waals surface area contributed by atoms with Gasteiger partial charge in [-0.1, -0.05) is 62.4 Å². The molecule has 1 N–H and O–H groups in total. The van der Waals surface area contributed by atoms with Crippen LogP contribution in [0.5, 0.6) is 0 Å². The molecule has 0 spiro atoms. The van der Waals surface area contributed by atoms with Crippen LogP contribution in [0.4, 0.5) is 5.69 Å². The number of hydrogen-bond donors (Lipinski definition) is 1. The molecule has 170 valence electrons. The Labute approximate surface area is 202 Å². The molecule has 0 bridgehead atoms. The zero-order chi connectivity index (χ0) is 24.3. The van der Waals surface area contributed by atoms with Gasteiger partial charge in [-0.2, -0.15) is 5.26 Å². The molecule has 4 heteroatoms. The molecule has 2 atom stereocenters. The van der Waals surface area contributed by atoms with Crippen molar-refractivity contribution in [3.05, 3.63) is 99.6 Å². The SMILES string of the molecule is CC[C@]12CC1(C)c1ccccc1C(N(C(=N)c1ccccc1C)c1c(C)cc(C#N)cc1C)=N2. The van der Waals surface area contributed by atoms with Gasteiger partial charge in [0.15, 0.2) is 0 Å². The third-order valence-corrected chi connectivity index (χ3v) is 7.89. The molecular formula is C30H30N4. The van der Waals surface area contributed by atoms with Gasteiger partial charge in [-0.25, -0.2) is 0 Å². The van der Waals surface area contributed by atoms with Gasteiger partial charge in [0.05, 0.1) is 22.9 Å². The first kappa shape index (κ1) is 22.1. The van der Waals surface area contributed by atoms with Gasteiger partial charge in [0.2, 0.25) is 0 Å². The molecule has 1 aliphatic heterocycles. The van der Waals surface area contributed by atoms with E-state index in [0.29, 0.717) is 11.4 Å². The summed E-state index contributed by atoms with van der Waals surface area (Å²) in [6.07, 6.45) is 1.98. The summed E-state index contributed by atoms with van der Waals surface area (Å²) in [6, 6.07) is 22.7. The average molecular weight is 447 g/mol. The van der Waals surface area contributed by atoms with E-state index in [1.54, 1.807) is 0 Å². The number of nitrogens with zero attached hydrogens (tertiary/aromatic N) is 3. The lowest BCUT2D eigenvalue weighted by Gasteiger charge is -2.36. The van der Waals surface area contributed by atoms with E-state index in [1.807, 2.05) is 62.1 Å². The first-order valence-electron chi connectivity index (χ1n) is 11.9. The molecule has 3 aromatic carbocycles. The minimum absolute atomic E-state index is 0.0348. The van der Waals surface area contributed by atoms with Crippen molar-refractivity contribution in [2.45, 2.75) is 58.4 Å². The fourth-order valence-corrected chi connectivity index (χ4v) is 5.89. The van der Waals surface area contributed by atoms with E-state index in [9.17, 15) is 10.7 Å². The zero-order valence-electron chi connectivity index (χ0n) is 20.5. The highest BCUT2D eigenvalue weighted by Gasteiger charge is 2.67. The third kappa shape index (κ3) is 3.04. The molecule has 0 aromatic heterocycles. The number of rotatable bonds is 3. The van der Waals surface area contributed by atoms with Crippen LogP contribution < -0.4 is 4.90 Å². The lowest BCUT2D eigenvalue weighted by atomic mass is 9.84. The first-order chi connectivity index (χ1) is 16.3. The Morgan fingerprint density at radius 2 is 1.68 bits per heavy atom. The number of anilines is 1. The second kappa shape index (κ2) is 7.67. The number of aryl methyl sites for hydroxylation is 3. The predicted molar refractivity (Wildman–Crippen MR) is 139 cm³/mol. The Balaban J connectivity index is 1.80. The molecule has 4 nitrogen and oxygen atoms in total. The van der Waals surface area contributed by atoms with Crippen molar-refractivity contribution in [2.75, 3.05) is 4.90 Å². The second-order valence-electron chi connectivity index (χ2n) is 9.94. The maximum atomic E-state index is 9.52. The molecule has 1 heterocycles. The molecule has 1 unspecified atom stereocenters.